The lowest BCUT2D eigenvalue weighted by Crippen LogP contribution is -2.55. The highest BCUT2D eigenvalue weighted by atomic mass is 32.2. The second-order valence-corrected chi connectivity index (χ2v) is 8.29. The van der Waals surface area contributed by atoms with Crippen LogP contribution in [0.15, 0.2) is 30.3 Å². The fraction of sp³-hybridized carbons (Fsp3) is 0.526. The zero-order valence-corrected chi connectivity index (χ0v) is 17.9. The Kier molecular flexibility index (Phi) is 11.7. The largest absolute Gasteiger partial charge is 0.480 e. The van der Waals surface area contributed by atoms with Crippen molar-refractivity contribution in [1.82, 2.24) is 10.6 Å². The molecule has 0 spiro atoms. The van der Waals surface area contributed by atoms with Crippen LogP contribution in [-0.4, -0.2) is 65.0 Å². The van der Waals surface area contributed by atoms with Gasteiger partial charge in [-0.05, 0) is 42.4 Å². The third-order valence-electron chi connectivity index (χ3n) is 4.11. The summed E-state index contributed by atoms with van der Waals surface area (Å²) in [6.07, 6.45) is 4.86. The molecule has 0 aliphatic carbocycles. The van der Waals surface area contributed by atoms with Crippen LogP contribution in [-0.2, 0) is 20.8 Å². The molecule has 0 aliphatic heterocycles. The van der Waals surface area contributed by atoms with Crippen molar-refractivity contribution < 1.29 is 19.5 Å². The molecule has 0 heterocycles. The van der Waals surface area contributed by atoms with Crippen LogP contribution in [0.5, 0.6) is 0 Å². The Morgan fingerprint density at radius 1 is 0.964 bits per heavy atom. The van der Waals surface area contributed by atoms with Gasteiger partial charge >= 0.3 is 5.97 Å². The summed E-state index contributed by atoms with van der Waals surface area (Å²) in [6.45, 7) is 0. The molecule has 0 aliphatic rings. The average Bonchev–Trinajstić information content (AvgIpc) is 2.68. The van der Waals surface area contributed by atoms with E-state index in [9.17, 15) is 19.5 Å². The lowest BCUT2D eigenvalue weighted by atomic mass is 10.0. The molecule has 7 nitrogen and oxygen atoms in total. The molecule has 0 saturated heterocycles. The fourth-order valence-corrected chi connectivity index (χ4v) is 3.44. The van der Waals surface area contributed by atoms with E-state index in [0.29, 0.717) is 18.6 Å². The standard InChI is InChI=1S/C19H29N3O4S2/c1-27-10-8-14(20)17(23)22-16(12-13-6-4-3-5-7-13)18(24)21-15(19(25)26)9-11-28-2/h3-7,14-16H,8-12,20H2,1-2H3,(H,21,24)(H,22,23)(H,25,26)/t14-,15-,16-/m0/s1. The van der Waals surface area contributed by atoms with Crippen LogP contribution in [0, 0.1) is 0 Å². The Labute approximate surface area is 174 Å². The van der Waals surface area contributed by atoms with Gasteiger partial charge in [0.15, 0.2) is 0 Å². The van der Waals surface area contributed by atoms with Gasteiger partial charge in [0, 0.05) is 6.42 Å². The number of aliphatic carboxylic acids is 1. The average molecular weight is 428 g/mol. The number of nitrogens with one attached hydrogen (secondary N) is 2. The van der Waals surface area contributed by atoms with E-state index in [1.165, 1.54) is 11.8 Å². The van der Waals surface area contributed by atoms with E-state index >= 15 is 0 Å². The molecule has 0 saturated carbocycles. The number of thioether (sulfide) groups is 2. The molecule has 5 N–H and O–H groups in total. The van der Waals surface area contributed by atoms with Crippen molar-refractivity contribution in [2.24, 2.45) is 5.73 Å². The van der Waals surface area contributed by atoms with Crippen LogP contribution in [0.1, 0.15) is 18.4 Å². The third-order valence-corrected chi connectivity index (χ3v) is 5.40. The second-order valence-electron chi connectivity index (χ2n) is 6.32. The number of carboxylic acids is 1. The number of carbonyl (C=O) groups excluding carboxylic acids is 2. The summed E-state index contributed by atoms with van der Waals surface area (Å²) in [7, 11) is 0. The summed E-state index contributed by atoms with van der Waals surface area (Å²) in [4.78, 5) is 36.6. The first-order valence-corrected chi connectivity index (χ1v) is 11.8. The molecule has 1 aromatic carbocycles. The van der Waals surface area contributed by atoms with Crippen molar-refractivity contribution in [2.45, 2.75) is 37.4 Å². The Hall–Kier alpha value is -1.71. The Morgan fingerprint density at radius 2 is 1.54 bits per heavy atom. The van der Waals surface area contributed by atoms with E-state index in [1.54, 1.807) is 11.8 Å². The van der Waals surface area contributed by atoms with Crippen LogP contribution in [0.25, 0.3) is 0 Å². The van der Waals surface area contributed by atoms with Crippen molar-refractivity contribution in [3.8, 4) is 0 Å². The van der Waals surface area contributed by atoms with Crippen molar-refractivity contribution in [3.05, 3.63) is 35.9 Å². The monoisotopic (exact) mass is 427 g/mol. The van der Waals surface area contributed by atoms with Crippen LogP contribution >= 0.6 is 23.5 Å². The van der Waals surface area contributed by atoms with Gasteiger partial charge in [0.2, 0.25) is 11.8 Å². The van der Waals surface area contributed by atoms with Gasteiger partial charge in [0.05, 0.1) is 6.04 Å². The molecular formula is C19H29N3O4S2. The SMILES string of the molecule is CSCC[C@H](NC(=O)[C@H](Cc1ccccc1)NC(=O)[C@@H](N)CCSC)C(=O)O. The molecule has 0 fully saturated rings. The molecule has 0 radical (unpaired) electrons. The highest BCUT2D eigenvalue weighted by Crippen LogP contribution is 2.07. The van der Waals surface area contributed by atoms with Gasteiger partial charge in [-0.25, -0.2) is 4.79 Å². The smallest absolute Gasteiger partial charge is 0.326 e. The van der Waals surface area contributed by atoms with Crippen LogP contribution in [0.3, 0.4) is 0 Å². The summed E-state index contributed by atoms with van der Waals surface area (Å²) in [5, 5.41) is 14.6. The molecule has 1 rings (SSSR count). The molecule has 3 atom stereocenters. The van der Waals surface area contributed by atoms with E-state index in [0.717, 1.165) is 11.3 Å². The number of hydrogen-bond donors (Lipinski definition) is 4. The van der Waals surface area contributed by atoms with Crippen LogP contribution in [0.4, 0.5) is 0 Å². The molecule has 2 amide bonds. The fourth-order valence-electron chi connectivity index (χ4n) is 2.48. The Balaban J connectivity index is 2.87. The minimum atomic E-state index is -1.09. The number of nitrogens with two attached hydrogens (primary N) is 1. The van der Waals surface area contributed by atoms with Gasteiger partial charge in [0.25, 0.3) is 0 Å². The predicted molar refractivity (Wildman–Crippen MR) is 116 cm³/mol. The quantitative estimate of drug-likeness (QED) is 0.372. The maximum atomic E-state index is 12.8. The molecule has 9 heteroatoms. The van der Waals surface area contributed by atoms with Crippen molar-refractivity contribution >= 4 is 41.3 Å². The van der Waals surface area contributed by atoms with Gasteiger partial charge in [-0.15, -0.1) is 0 Å². The molecule has 156 valence electrons. The maximum Gasteiger partial charge on any atom is 0.326 e. The molecule has 0 bridgehead atoms. The summed E-state index contributed by atoms with van der Waals surface area (Å²) < 4.78 is 0. The lowest BCUT2D eigenvalue weighted by molar-refractivity contribution is -0.142. The number of hydrogen-bond acceptors (Lipinski definition) is 6. The summed E-state index contributed by atoms with van der Waals surface area (Å²) >= 11 is 3.09. The number of carboxylic acid groups (broad SMARTS) is 1. The van der Waals surface area contributed by atoms with Gasteiger partial charge in [0.1, 0.15) is 12.1 Å². The second kappa shape index (κ2) is 13.5. The number of amides is 2. The number of benzene rings is 1. The summed E-state index contributed by atoms with van der Waals surface area (Å²) in [6, 6.07) is 6.63. The lowest BCUT2D eigenvalue weighted by Gasteiger charge is -2.23. The number of rotatable bonds is 13. The molecule has 0 unspecified atom stereocenters. The topological polar surface area (TPSA) is 122 Å². The van der Waals surface area contributed by atoms with Crippen molar-refractivity contribution in [3.63, 3.8) is 0 Å². The van der Waals surface area contributed by atoms with Gasteiger partial charge in [-0.1, -0.05) is 30.3 Å². The first kappa shape index (κ1) is 24.3. The summed E-state index contributed by atoms with van der Waals surface area (Å²) in [5.74, 6) is -0.695. The minimum Gasteiger partial charge on any atom is -0.480 e. The molecule has 28 heavy (non-hydrogen) atoms. The normalized spacial score (nSPS) is 14.0. The Morgan fingerprint density at radius 3 is 2.11 bits per heavy atom. The zero-order valence-electron chi connectivity index (χ0n) is 16.2. The van der Waals surface area contributed by atoms with Crippen LogP contribution in [0.2, 0.25) is 0 Å². The van der Waals surface area contributed by atoms with E-state index < -0.39 is 35.9 Å². The first-order valence-electron chi connectivity index (χ1n) is 9.00. The molecule has 1 aromatic rings. The maximum absolute atomic E-state index is 12.8. The van der Waals surface area contributed by atoms with Gasteiger partial charge < -0.3 is 21.5 Å². The highest BCUT2D eigenvalue weighted by molar-refractivity contribution is 7.98. The molecule has 0 aromatic heterocycles. The molecular weight excluding hydrogens is 398 g/mol. The van der Waals surface area contributed by atoms with Gasteiger partial charge in [-0.3, -0.25) is 9.59 Å². The van der Waals surface area contributed by atoms with E-state index in [-0.39, 0.29) is 6.42 Å². The van der Waals surface area contributed by atoms with E-state index in [2.05, 4.69) is 10.6 Å². The van der Waals surface area contributed by atoms with Crippen molar-refractivity contribution in [2.75, 3.05) is 24.0 Å². The minimum absolute atomic E-state index is 0.253. The van der Waals surface area contributed by atoms with Crippen molar-refractivity contribution in [1.29, 1.82) is 0 Å². The number of carbonyl (C=O) groups is 3. The van der Waals surface area contributed by atoms with Crippen LogP contribution < -0.4 is 16.4 Å². The van der Waals surface area contributed by atoms with E-state index in [4.69, 9.17) is 5.73 Å². The Bertz CT molecular complexity index is 631. The highest BCUT2D eigenvalue weighted by Gasteiger charge is 2.27. The van der Waals surface area contributed by atoms with E-state index in [1.807, 2.05) is 42.8 Å². The first-order chi connectivity index (χ1) is 13.4. The third kappa shape index (κ3) is 8.99. The summed E-state index contributed by atoms with van der Waals surface area (Å²) in [5.41, 5.74) is 6.76. The van der Waals surface area contributed by atoms with Gasteiger partial charge in [-0.2, -0.15) is 23.5 Å². The zero-order chi connectivity index (χ0) is 20.9. The predicted octanol–water partition coefficient (Wildman–Crippen LogP) is 1.12.